The Balaban J connectivity index is 2.19. The molecule has 0 saturated heterocycles. The van der Waals surface area contributed by atoms with Crippen molar-refractivity contribution in [3.8, 4) is 0 Å². The lowest BCUT2D eigenvalue weighted by Gasteiger charge is -1.95. The smallest absolute Gasteiger partial charge is 0.331 e. The number of benzene rings is 1. The Morgan fingerprint density at radius 1 is 1.20 bits per heavy atom. The van der Waals surface area contributed by atoms with Gasteiger partial charge in [-0.3, -0.25) is 0 Å². The number of hydrogen-bond donors (Lipinski definition) is 0. The summed E-state index contributed by atoms with van der Waals surface area (Å²) in [6.45, 7) is 0.336. The summed E-state index contributed by atoms with van der Waals surface area (Å²) < 4.78 is 10.3. The van der Waals surface area contributed by atoms with Gasteiger partial charge in [0.2, 0.25) is 0 Å². The van der Waals surface area contributed by atoms with Gasteiger partial charge in [-0.25, -0.2) is 4.79 Å². The molecule has 0 spiro atoms. The molecule has 0 radical (unpaired) electrons. The summed E-state index contributed by atoms with van der Waals surface area (Å²) in [5.74, 6) is -0.282. The highest BCUT2D eigenvalue weighted by Crippen LogP contribution is 2.29. The lowest BCUT2D eigenvalue weighted by Crippen LogP contribution is -1.91. The van der Waals surface area contributed by atoms with E-state index in [1.165, 1.54) is 6.08 Å². The number of carbonyl (C=O) groups is 1. The number of furan rings is 1. The Hall–Kier alpha value is -2.03. The fourth-order valence-electron chi connectivity index (χ4n) is 1.76. The van der Waals surface area contributed by atoms with Crippen LogP contribution in [-0.2, 0) is 9.53 Å². The van der Waals surface area contributed by atoms with Crippen LogP contribution in [0, 0.1) is 0 Å². The molecule has 0 N–H and O–H groups in total. The van der Waals surface area contributed by atoms with Gasteiger partial charge in [0.25, 0.3) is 0 Å². The molecule has 0 aliphatic carbocycles. The van der Waals surface area contributed by atoms with Crippen molar-refractivity contribution in [2.75, 3.05) is 6.61 Å². The Morgan fingerprint density at radius 3 is 2.87 bits per heavy atom. The predicted octanol–water partition coefficient (Wildman–Crippen LogP) is 2.37. The minimum Gasteiger partial charge on any atom is -0.464 e. The Morgan fingerprint density at radius 2 is 2.07 bits per heavy atom. The minimum absolute atomic E-state index is 0.282. The summed E-state index contributed by atoms with van der Waals surface area (Å²) in [6.07, 6.45) is 3.18. The summed E-state index contributed by atoms with van der Waals surface area (Å²) in [4.78, 5) is 11.0. The minimum atomic E-state index is -0.282. The Labute approximate surface area is 85.9 Å². The van der Waals surface area contributed by atoms with E-state index in [1.54, 1.807) is 6.26 Å². The average molecular weight is 200 g/mol. The molecular formula is C12H8O3. The van der Waals surface area contributed by atoms with Crippen molar-refractivity contribution < 1.29 is 13.9 Å². The molecule has 1 aliphatic heterocycles. The van der Waals surface area contributed by atoms with Gasteiger partial charge in [0, 0.05) is 22.6 Å². The zero-order valence-corrected chi connectivity index (χ0v) is 7.90. The second-order valence-corrected chi connectivity index (χ2v) is 3.42. The van der Waals surface area contributed by atoms with Crippen LogP contribution >= 0.6 is 0 Å². The summed E-state index contributed by atoms with van der Waals surface area (Å²) in [5.41, 5.74) is 2.65. The largest absolute Gasteiger partial charge is 0.464 e. The molecule has 15 heavy (non-hydrogen) atoms. The first-order chi connectivity index (χ1) is 7.34. The van der Waals surface area contributed by atoms with E-state index >= 15 is 0 Å². The van der Waals surface area contributed by atoms with E-state index in [0.29, 0.717) is 6.61 Å². The van der Waals surface area contributed by atoms with E-state index in [2.05, 4.69) is 0 Å². The van der Waals surface area contributed by atoms with Crippen molar-refractivity contribution in [1.82, 2.24) is 0 Å². The first-order valence-electron chi connectivity index (χ1n) is 4.68. The van der Waals surface area contributed by atoms with Crippen molar-refractivity contribution in [3.05, 3.63) is 42.2 Å². The first-order valence-corrected chi connectivity index (χ1v) is 4.68. The van der Waals surface area contributed by atoms with E-state index in [4.69, 9.17) is 9.15 Å². The van der Waals surface area contributed by atoms with E-state index in [1.807, 2.05) is 24.3 Å². The molecule has 2 heterocycles. The number of para-hydroxylation sites is 1. The highest BCUT2D eigenvalue weighted by atomic mass is 16.5. The van der Waals surface area contributed by atoms with Gasteiger partial charge >= 0.3 is 5.97 Å². The summed E-state index contributed by atoms with van der Waals surface area (Å²) in [6, 6.07) is 7.73. The van der Waals surface area contributed by atoms with Crippen LogP contribution in [0.15, 0.2) is 41.0 Å². The normalized spacial score (nSPS) is 15.5. The number of hydrogen-bond acceptors (Lipinski definition) is 3. The van der Waals surface area contributed by atoms with Gasteiger partial charge in [0.05, 0.1) is 6.26 Å². The van der Waals surface area contributed by atoms with Crippen LogP contribution in [0.25, 0.3) is 16.5 Å². The second kappa shape index (κ2) is 2.98. The molecule has 3 rings (SSSR count). The number of fused-ring (bicyclic) bond motifs is 1. The quantitative estimate of drug-likeness (QED) is 0.663. The topological polar surface area (TPSA) is 39.4 Å². The highest BCUT2D eigenvalue weighted by Gasteiger charge is 2.18. The van der Waals surface area contributed by atoms with Crippen LogP contribution in [0.4, 0.5) is 0 Å². The lowest BCUT2D eigenvalue weighted by atomic mass is 10.1. The maximum atomic E-state index is 11.0. The monoisotopic (exact) mass is 200 g/mol. The van der Waals surface area contributed by atoms with Crippen LogP contribution in [-0.4, -0.2) is 12.6 Å². The van der Waals surface area contributed by atoms with Crippen molar-refractivity contribution >= 4 is 22.5 Å². The molecule has 0 amide bonds. The fraction of sp³-hybridized carbons (Fsp3) is 0.0833. The maximum absolute atomic E-state index is 11.0. The molecule has 0 unspecified atom stereocenters. The number of carbonyl (C=O) groups excluding carboxylic acids is 1. The Bertz CT molecular complexity index is 563. The van der Waals surface area contributed by atoms with E-state index in [0.717, 1.165) is 22.1 Å². The number of ether oxygens (including phenoxy) is 1. The number of cyclic esters (lactones) is 1. The molecule has 0 fully saturated rings. The van der Waals surface area contributed by atoms with Gasteiger partial charge < -0.3 is 9.15 Å². The maximum Gasteiger partial charge on any atom is 0.331 e. The highest BCUT2D eigenvalue weighted by molar-refractivity contribution is 6.01. The summed E-state index contributed by atoms with van der Waals surface area (Å²) in [5, 5.41) is 1.02. The second-order valence-electron chi connectivity index (χ2n) is 3.42. The zero-order chi connectivity index (χ0) is 10.3. The Kier molecular flexibility index (Phi) is 1.65. The van der Waals surface area contributed by atoms with Gasteiger partial charge in [-0.1, -0.05) is 18.2 Å². The van der Waals surface area contributed by atoms with Gasteiger partial charge in [0.1, 0.15) is 12.2 Å². The summed E-state index contributed by atoms with van der Waals surface area (Å²) >= 11 is 0. The average Bonchev–Trinajstić information content (AvgIpc) is 2.83. The van der Waals surface area contributed by atoms with E-state index in [9.17, 15) is 4.79 Å². The standard InChI is InChI=1S/C12H8O3/c13-12-5-8(6-15-12)10-7-14-11-4-2-1-3-9(10)11/h1-5,7H,6H2. The van der Waals surface area contributed by atoms with Crippen molar-refractivity contribution in [2.24, 2.45) is 0 Å². The van der Waals surface area contributed by atoms with E-state index in [-0.39, 0.29) is 5.97 Å². The van der Waals surface area contributed by atoms with Crippen LogP contribution in [0.3, 0.4) is 0 Å². The van der Waals surface area contributed by atoms with Crippen LogP contribution in [0.5, 0.6) is 0 Å². The molecule has 0 atom stereocenters. The lowest BCUT2D eigenvalue weighted by molar-refractivity contribution is -0.134. The third-order valence-corrected chi connectivity index (χ3v) is 2.49. The molecular weight excluding hydrogens is 192 g/mol. The van der Waals surface area contributed by atoms with Crippen molar-refractivity contribution in [2.45, 2.75) is 0 Å². The molecule has 1 aromatic heterocycles. The summed E-state index contributed by atoms with van der Waals surface area (Å²) in [7, 11) is 0. The van der Waals surface area contributed by atoms with Crippen molar-refractivity contribution in [1.29, 1.82) is 0 Å². The van der Waals surface area contributed by atoms with Crippen molar-refractivity contribution in [3.63, 3.8) is 0 Å². The third kappa shape index (κ3) is 1.24. The van der Waals surface area contributed by atoms with Gasteiger partial charge in [0.15, 0.2) is 0 Å². The van der Waals surface area contributed by atoms with E-state index < -0.39 is 0 Å². The molecule has 0 saturated carbocycles. The van der Waals surface area contributed by atoms with Gasteiger partial charge in [-0.05, 0) is 6.07 Å². The zero-order valence-electron chi connectivity index (χ0n) is 7.90. The molecule has 1 aromatic carbocycles. The molecule has 74 valence electrons. The molecule has 3 nitrogen and oxygen atoms in total. The SMILES string of the molecule is O=C1C=C(c2coc3ccccc23)CO1. The molecule has 3 heteroatoms. The predicted molar refractivity (Wildman–Crippen MR) is 55.2 cm³/mol. The fourth-order valence-corrected chi connectivity index (χ4v) is 1.76. The first kappa shape index (κ1) is 8.29. The van der Waals surface area contributed by atoms with Crippen LogP contribution < -0.4 is 0 Å². The van der Waals surface area contributed by atoms with Crippen LogP contribution in [0.2, 0.25) is 0 Å². The van der Waals surface area contributed by atoms with Gasteiger partial charge in [-0.15, -0.1) is 0 Å². The molecule has 0 bridgehead atoms. The third-order valence-electron chi connectivity index (χ3n) is 2.49. The number of esters is 1. The molecule has 1 aliphatic rings. The van der Waals surface area contributed by atoms with Crippen LogP contribution in [0.1, 0.15) is 5.56 Å². The van der Waals surface area contributed by atoms with Gasteiger partial charge in [-0.2, -0.15) is 0 Å². The number of rotatable bonds is 1. The molecule has 2 aromatic rings.